The first kappa shape index (κ1) is 12.2. The molecule has 0 aromatic carbocycles. The Kier molecular flexibility index (Phi) is 3.24. The average molecular weight is 242 g/mol. The SMILES string of the molecule is COC1CC(NC(=O)NC2(C(=O)O)CCC2)C1. The molecule has 0 heterocycles. The molecular weight excluding hydrogens is 224 g/mol. The first-order chi connectivity index (χ1) is 8.05. The van der Waals surface area contributed by atoms with Crippen molar-refractivity contribution in [2.45, 2.75) is 49.8 Å². The number of hydrogen-bond donors (Lipinski definition) is 3. The summed E-state index contributed by atoms with van der Waals surface area (Å²) in [6.45, 7) is 0. The monoisotopic (exact) mass is 242 g/mol. The van der Waals surface area contributed by atoms with Crippen LogP contribution in [0.25, 0.3) is 0 Å². The molecule has 6 nitrogen and oxygen atoms in total. The maximum absolute atomic E-state index is 11.6. The fourth-order valence-corrected chi connectivity index (χ4v) is 2.24. The zero-order valence-corrected chi connectivity index (χ0v) is 9.86. The predicted molar refractivity (Wildman–Crippen MR) is 59.7 cm³/mol. The van der Waals surface area contributed by atoms with Gasteiger partial charge in [0, 0.05) is 13.2 Å². The molecule has 96 valence electrons. The number of urea groups is 1. The topological polar surface area (TPSA) is 87.7 Å². The van der Waals surface area contributed by atoms with Gasteiger partial charge in [0.25, 0.3) is 0 Å². The van der Waals surface area contributed by atoms with Crippen molar-refractivity contribution in [3.8, 4) is 0 Å². The highest BCUT2D eigenvalue weighted by atomic mass is 16.5. The number of nitrogens with one attached hydrogen (secondary N) is 2. The highest BCUT2D eigenvalue weighted by Gasteiger charge is 2.46. The third kappa shape index (κ3) is 2.36. The van der Waals surface area contributed by atoms with Crippen LogP contribution >= 0.6 is 0 Å². The van der Waals surface area contributed by atoms with Gasteiger partial charge in [-0.3, -0.25) is 0 Å². The van der Waals surface area contributed by atoms with Crippen LogP contribution < -0.4 is 10.6 Å². The van der Waals surface area contributed by atoms with E-state index < -0.39 is 11.5 Å². The number of rotatable bonds is 4. The second-order valence-corrected chi connectivity index (χ2v) is 4.87. The van der Waals surface area contributed by atoms with Gasteiger partial charge in [-0.1, -0.05) is 0 Å². The van der Waals surface area contributed by atoms with E-state index in [1.807, 2.05) is 0 Å². The molecule has 0 aromatic rings. The molecule has 0 aromatic heterocycles. The molecule has 0 atom stereocenters. The lowest BCUT2D eigenvalue weighted by molar-refractivity contribution is -0.148. The summed E-state index contributed by atoms with van der Waals surface area (Å²) in [5.74, 6) is -0.942. The minimum atomic E-state index is -1.03. The van der Waals surface area contributed by atoms with Crippen molar-refractivity contribution in [2.24, 2.45) is 0 Å². The number of hydrogen-bond acceptors (Lipinski definition) is 3. The molecule has 3 N–H and O–H groups in total. The Morgan fingerprint density at radius 1 is 1.35 bits per heavy atom. The van der Waals surface area contributed by atoms with E-state index in [4.69, 9.17) is 9.84 Å². The van der Waals surface area contributed by atoms with Crippen LogP contribution in [0.2, 0.25) is 0 Å². The first-order valence-electron chi connectivity index (χ1n) is 5.90. The van der Waals surface area contributed by atoms with Gasteiger partial charge in [-0.15, -0.1) is 0 Å². The van der Waals surface area contributed by atoms with Gasteiger partial charge in [0.15, 0.2) is 0 Å². The van der Waals surface area contributed by atoms with E-state index in [0.717, 1.165) is 19.3 Å². The Labute approximate surface area is 99.7 Å². The third-order valence-corrected chi connectivity index (χ3v) is 3.73. The molecule has 0 saturated heterocycles. The molecule has 2 rings (SSSR count). The minimum absolute atomic E-state index is 0.103. The van der Waals surface area contributed by atoms with Gasteiger partial charge in [-0.05, 0) is 32.1 Å². The lowest BCUT2D eigenvalue weighted by Crippen LogP contribution is -2.63. The predicted octanol–water partition coefficient (Wildman–Crippen LogP) is 0.470. The van der Waals surface area contributed by atoms with Crippen LogP contribution in [0, 0.1) is 0 Å². The van der Waals surface area contributed by atoms with Gasteiger partial charge in [0.2, 0.25) is 0 Å². The van der Waals surface area contributed by atoms with Gasteiger partial charge in [0.05, 0.1) is 6.10 Å². The molecule has 0 unspecified atom stereocenters. The van der Waals surface area contributed by atoms with E-state index in [2.05, 4.69) is 10.6 Å². The fraction of sp³-hybridized carbons (Fsp3) is 0.818. The van der Waals surface area contributed by atoms with Crippen molar-refractivity contribution in [2.75, 3.05) is 7.11 Å². The first-order valence-corrected chi connectivity index (χ1v) is 5.90. The molecule has 2 amide bonds. The summed E-state index contributed by atoms with van der Waals surface area (Å²) < 4.78 is 5.10. The van der Waals surface area contributed by atoms with Crippen molar-refractivity contribution >= 4 is 12.0 Å². The number of carboxylic acid groups (broad SMARTS) is 1. The van der Waals surface area contributed by atoms with E-state index in [0.29, 0.717) is 12.8 Å². The number of ether oxygens (including phenoxy) is 1. The molecule has 17 heavy (non-hydrogen) atoms. The number of carbonyl (C=O) groups is 2. The standard InChI is InChI=1S/C11H18N2O4/c1-17-8-5-7(6-8)12-10(16)13-11(9(14)15)3-2-4-11/h7-8H,2-6H2,1H3,(H,14,15)(H2,12,13,16). The van der Waals surface area contributed by atoms with Crippen LogP contribution in [0.15, 0.2) is 0 Å². The van der Waals surface area contributed by atoms with Crippen molar-refractivity contribution in [3.05, 3.63) is 0 Å². The lowest BCUT2D eigenvalue weighted by Gasteiger charge is -2.40. The van der Waals surface area contributed by atoms with Crippen LogP contribution in [-0.2, 0) is 9.53 Å². The van der Waals surface area contributed by atoms with Crippen LogP contribution in [0.3, 0.4) is 0 Å². The number of carbonyl (C=O) groups excluding carboxylic acids is 1. The van der Waals surface area contributed by atoms with Gasteiger partial charge in [-0.2, -0.15) is 0 Å². The van der Waals surface area contributed by atoms with E-state index in [1.54, 1.807) is 7.11 Å². The Morgan fingerprint density at radius 3 is 2.41 bits per heavy atom. The van der Waals surface area contributed by atoms with E-state index in [1.165, 1.54) is 0 Å². The zero-order chi connectivity index (χ0) is 12.5. The van der Waals surface area contributed by atoms with Crippen molar-refractivity contribution in [1.82, 2.24) is 10.6 Å². The van der Waals surface area contributed by atoms with Crippen LogP contribution in [0.5, 0.6) is 0 Å². The molecule has 6 heteroatoms. The third-order valence-electron chi connectivity index (χ3n) is 3.73. The van der Waals surface area contributed by atoms with Gasteiger partial charge < -0.3 is 20.5 Å². The molecule has 0 radical (unpaired) electrons. The maximum Gasteiger partial charge on any atom is 0.329 e. The summed E-state index contributed by atoms with van der Waals surface area (Å²) in [6.07, 6.45) is 3.69. The number of methoxy groups -OCH3 is 1. The molecular formula is C11H18N2O4. The van der Waals surface area contributed by atoms with Crippen molar-refractivity contribution in [1.29, 1.82) is 0 Å². The largest absolute Gasteiger partial charge is 0.480 e. The molecule has 2 saturated carbocycles. The second-order valence-electron chi connectivity index (χ2n) is 4.87. The number of carboxylic acids is 1. The number of aliphatic carboxylic acids is 1. The summed E-state index contributed by atoms with van der Waals surface area (Å²) in [5.41, 5.74) is -1.03. The summed E-state index contributed by atoms with van der Waals surface area (Å²) in [7, 11) is 1.65. The Balaban J connectivity index is 1.76. The Hall–Kier alpha value is -1.30. The smallest absolute Gasteiger partial charge is 0.329 e. The zero-order valence-electron chi connectivity index (χ0n) is 9.86. The van der Waals surface area contributed by atoms with Crippen molar-refractivity contribution < 1.29 is 19.4 Å². The highest BCUT2D eigenvalue weighted by molar-refractivity contribution is 5.87. The van der Waals surface area contributed by atoms with Gasteiger partial charge in [0.1, 0.15) is 5.54 Å². The Bertz CT molecular complexity index is 321. The number of amides is 2. The molecule has 0 aliphatic heterocycles. The molecule has 2 aliphatic rings. The van der Waals surface area contributed by atoms with Gasteiger partial charge in [-0.25, -0.2) is 9.59 Å². The average Bonchev–Trinajstić information content (AvgIpc) is 2.16. The molecule has 2 fully saturated rings. The summed E-state index contributed by atoms with van der Waals surface area (Å²) in [6, 6.07) is -0.280. The van der Waals surface area contributed by atoms with E-state index in [9.17, 15) is 9.59 Å². The second kappa shape index (κ2) is 4.52. The summed E-state index contributed by atoms with van der Waals surface area (Å²) >= 11 is 0. The van der Waals surface area contributed by atoms with Crippen LogP contribution in [-0.4, -0.2) is 41.9 Å². The molecule has 0 bridgehead atoms. The van der Waals surface area contributed by atoms with Crippen LogP contribution in [0.1, 0.15) is 32.1 Å². The highest BCUT2D eigenvalue weighted by Crippen LogP contribution is 2.32. The fourth-order valence-electron chi connectivity index (χ4n) is 2.24. The Morgan fingerprint density at radius 2 is 2.00 bits per heavy atom. The normalized spacial score (nSPS) is 29.7. The lowest BCUT2D eigenvalue weighted by atomic mass is 9.77. The van der Waals surface area contributed by atoms with Crippen molar-refractivity contribution in [3.63, 3.8) is 0 Å². The van der Waals surface area contributed by atoms with E-state index in [-0.39, 0.29) is 18.2 Å². The van der Waals surface area contributed by atoms with Gasteiger partial charge >= 0.3 is 12.0 Å². The summed E-state index contributed by atoms with van der Waals surface area (Å²) in [4.78, 5) is 22.7. The summed E-state index contributed by atoms with van der Waals surface area (Å²) in [5, 5.41) is 14.4. The van der Waals surface area contributed by atoms with Crippen LogP contribution in [0.4, 0.5) is 4.79 Å². The maximum atomic E-state index is 11.6. The molecule has 0 spiro atoms. The molecule has 2 aliphatic carbocycles. The quantitative estimate of drug-likeness (QED) is 0.668. The minimum Gasteiger partial charge on any atom is -0.480 e. The van der Waals surface area contributed by atoms with E-state index >= 15 is 0 Å².